The Morgan fingerprint density at radius 3 is 0.515 bits per heavy atom. The maximum Gasteiger partial charge on any atom is 0.409 e. The molecule has 0 fully saturated rings. The molecule has 0 heterocycles. The van der Waals surface area contributed by atoms with Crippen LogP contribution in [0.1, 0.15) is 125 Å². The van der Waals surface area contributed by atoms with Gasteiger partial charge in [-0.2, -0.15) is 0 Å². The molecule has 0 aromatic heterocycles. The van der Waals surface area contributed by atoms with Crippen LogP contribution < -0.4 is 68.2 Å². The van der Waals surface area contributed by atoms with E-state index in [-0.39, 0.29) is 24.8 Å². The fourth-order valence-electron chi connectivity index (χ4n) is 4.57. The number of carboxylic acid groups (broad SMARTS) is 1. The summed E-state index contributed by atoms with van der Waals surface area (Å²) in [5.41, 5.74) is 2.44. The van der Waals surface area contributed by atoms with E-state index in [9.17, 15) is 72.2 Å². The summed E-state index contributed by atoms with van der Waals surface area (Å²) in [6.07, 6.45) is -5.18. The molecule has 0 aliphatic carbocycles. The van der Waals surface area contributed by atoms with E-state index < -0.39 is 161 Å². The van der Waals surface area contributed by atoms with Crippen molar-refractivity contribution in [2.45, 2.75) is 201 Å². The molecule has 0 aromatic carbocycles. The topological polar surface area (TPSA) is 507 Å². The summed E-state index contributed by atoms with van der Waals surface area (Å²) in [7, 11) is 15.0. The van der Waals surface area contributed by atoms with Gasteiger partial charge in [0.15, 0.2) is 32.2 Å². The van der Waals surface area contributed by atoms with Gasteiger partial charge in [0.25, 0.3) is 0 Å². The minimum atomic E-state index is -1.43. The van der Waals surface area contributed by atoms with Crippen molar-refractivity contribution in [3.05, 3.63) is 0 Å². The number of carbonyl (C=O) groups is 14. The second-order valence-corrected chi connectivity index (χ2v) is 34.0. The number of alkyl carbamates (subject to hydrolysis) is 6. The largest absolute Gasteiger partial charge is 1.00 e. The van der Waals surface area contributed by atoms with Gasteiger partial charge in [-0.15, -0.1) is 0 Å². The molecule has 0 aromatic rings. The molecule has 0 radical (unpaired) electrons. The zero-order chi connectivity index (χ0) is 76.8. The number of amides is 6. The molecule has 0 spiro atoms. The predicted octanol–water partition coefficient (Wildman–Crippen LogP) is -0.984. The highest BCUT2D eigenvalue weighted by atomic mass is 35.5. The molecule has 6 amide bonds. The standard InChI is InChI=1S/2C16H28N2O8S2.C15H26N2O8S2.C6H12N2O4S2.2ClH/c2*1-15(2,3)25-13(21)17-9(11(19)23-7)27-28-10(12(20)24-8)18-14(22)26-16(4,5)6;1-14(2,3)24-12(21)16-8(10(18)19)26-27-9(11(20)23-7)17-13(22)25-15(4,5)6;1-11-5(9)3(7)13-14-4(8)6(10)12-2;;/h2*9-10H,1-8H3,(H,17,21)(H,18,22);8-9H,1-7H3,(H,16,21)(H,17,22)(H,18,19);3-4H,7-8H2,1-2H3;2*1H. The van der Waals surface area contributed by atoms with Gasteiger partial charge in [0, 0.05) is 0 Å². The van der Waals surface area contributed by atoms with E-state index in [4.69, 9.17) is 28.4 Å². The van der Waals surface area contributed by atoms with Gasteiger partial charge in [-0.05, 0) is 146 Å². The Balaban J connectivity index is -0.000000296. The van der Waals surface area contributed by atoms with Crippen molar-refractivity contribution in [2.24, 2.45) is 0 Å². The predicted molar refractivity (Wildman–Crippen MR) is 365 cm³/mol. The van der Waals surface area contributed by atoms with Crippen molar-refractivity contribution in [3.8, 4) is 0 Å². The summed E-state index contributed by atoms with van der Waals surface area (Å²) in [6.45, 7) is 29.8. The van der Waals surface area contributed by atoms with E-state index in [0.717, 1.165) is 100 Å². The minimum Gasteiger partial charge on any atom is -1.00 e. The molecular weight excluding hydrogens is 1520 g/mol. The Hall–Kier alpha value is -5.32. The minimum absolute atomic E-state index is 0. The van der Waals surface area contributed by atoms with Gasteiger partial charge in [-0.3, -0.25) is 31.9 Å². The van der Waals surface area contributed by atoms with Gasteiger partial charge in [0.05, 0.1) is 49.8 Å². The normalized spacial score (nSPS) is 13.4. The molecule has 0 bridgehead atoms. The zero-order valence-electron chi connectivity index (χ0n) is 59.5. The fraction of sp³-hybridized carbons (Fsp3) is 0.736. The van der Waals surface area contributed by atoms with Gasteiger partial charge in [0.2, 0.25) is 10.7 Å². The van der Waals surface area contributed by atoms with Gasteiger partial charge in [-0.25, -0.2) is 67.1 Å². The van der Waals surface area contributed by atoms with Crippen LogP contribution in [0.15, 0.2) is 0 Å². The third kappa shape index (κ3) is 57.9. The molecule has 578 valence electrons. The van der Waals surface area contributed by atoms with Crippen LogP contribution in [0.3, 0.4) is 0 Å². The molecule has 0 rings (SSSR count). The summed E-state index contributed by atoms with van der Waals surface area (Å²) in [5, 5.41) is 14.4. The Morgan fingerprint density at radius 2 is 0.394 bits per heavy atom. The van der Waals surface area contributed by atoms with Crippen LogP contribution in [0.5, 0.6) is 0 Å². The van der Waals surface area contributed by atoms with Gasteiger partial charge >= 0.3 is 84.3 Å². The third-order valence-electron chi connectivity index (χ3n) is 8.15. The highest BCUT2D eigenvalue weighted by Crippen LogP contribution is 2.34. The molecule has 0 aliphatic rings. The van der Waals surface area contributed by atoms with E-state index in [1.165, 1.54) is 14.2 Å². The summed E-state index contributed by atoms with van der Waals surface area (Å²) >= 11 is 0. The first-order chi connectivity index (χ1) is 44.0. The quantitative estimate of drug-likeness (QED) is 0.0217. The van der Waals surface area contributed by atoms with Crippen LogP contribution in [-0.2, 0) is 99.9 Å². The highest BCUT2D eigenvalue weighted by molar-refractivity contribution is 8.78. The number of quaternary nitrogens is 2. The summed E-state index contributed by atoms with van der Waals surface area (Å²) in [4.78, 5) is 164. The maximum absolute atomic E-state index is 11.9. The van der Waals surface area contributed by atoms with Gasteiger partial charge in [-0.1, -0.05) is 64.8 Å². The summed E-state index contributed by atoms with van der Waals surface area (Å²) in [5.74, 6) is -6.14. The lowest BCUT2D eigenvalue weighted by Gasteiger charge is -2.24. The number of esters is 7. The SMILES string of the molecule is COC(=O)C(NC(=O)OC(C)(C)C)SSC(NC(=O)OC(C)(C)C)C(=O)O.COC(=O)C(NC(=O)OC(C)(C)C)SSC(NC(=O)OC(C)(C)C)C(=O)OC.COC(=O)C(NC(=O)OC(C)(C)C)SSC(NC(=O)OC(C)(C)C)C(=O)OC.COC(=O)C([NH3+])SSC([NH3+])C(=O)OC.[Cl-].[Cl-]. The number of hydrogen-bond donors (Lipinski definition) is 9. The van der Waals surface area contributed by atoms with Crippen LogP contribution in [0.2, 0.25) is 0 Å². The Morgan fingerprint density at radius 1 is 0.263 bits per heavy atom. The molecule has 0 saturated carbocycles. The number of ether oxygens (including phenoxy) is 13. The summed E-state index contributed by atoms with van der Waals surface area (Å²) in [6, 6.07) is 0. The maximum atomic E-state index is 11.9. The number of nitrogens with one attached hydrogen (secondary N) is 6. The van der Waals surface area contributed by atoms with E-state index >= 15 is 0 Å². The smallest absolute Gasteiger partial charge is 0.409 e. The Kier molecular flexibility index (Phi) is 53.8. The first-order valence-electron chi connectivity index (χ1n) is 27.7. The number of rotatable bonds is 26. The molecule has 13 N–H and O–H groups in total. The van der Waals surface area contributed by atoms with E-state index in [2.05, 4.69) is 76.5 Å². The van der Waals surface area contributed by atoms with Crippen LogP contribution in [-0.4, -0.2) is 216 Å². The average molecular weight is 1620 g/mol. The van der Waals surface area contributed by atoms with Crippen molar-refractivity contribution in [3.63, 3.8) is 0 Å². The fourth-order valence-corrected chi connectivity index (χ4v) is 13.2. The van der Waals surface area contributed by atoms with Crippen molar-refractivity contribution in [2.75, 3.05) is 49.8 Å². The zero-order valence-corrected chi connectivity index (χ0v) is 67.6. The van der Waals surface area contributed by atoms with E-state index in [1.807, 2.05) is 0 Å². The van der Waals surface area contributed by atoms with E-state index in [1.54, 1.807) is 125 Å². The molecule has 36 nitrogen and oxygen atoms in total. The second kappa shape index (κ2) is 50.9. The molecule has 0 saturated heterocycles. The van der Waals surface area contributed by atoms with Crippen molar-refractivity contribution in [1.29, 1.82) is 0 Å². The number of carboxylic acids is 1. The molecule has 8 unspecified atom stereocenters. The first kappa shape index (κ1) is 105. The molecule has 99 heavy (non-hydrogen) atoms. The lowest BCUT2D eigenvalue weighted by atomic mass is 10.2. The number of carbonyl (C=O) groups excluding carboxylic acids is 13. The molecule has 8 atom stereocenters. The van der Waals surface area contributed by atoms with E-state index in [0.29, 0.717) is 21.6 Å². The Bertz CT molecular complexity index is 2370. The van der Waals surface area contributed by atoms with Crippen LogP contribution in [0, 0.1) is 0 Å². The van der Waals surface area contributed by atoms with Gasteiger partial charge < -0.3 is 103 Å². The summed E-state index contributed by atoms with van der Waals surface area (Å²) < 4.78 is 62.5. The Labute approximate surface area is 619 Å². The number of hydrogen-bond acceptors (Lipinski definition) is 35. The molecule has 46 heteroatoms. The monoisotopic (exact) mass is 1620 g/mol. The number of aliphatic carboxylic acids is 1. The number of halogens is 2. The lowest BCUT2D eigenvalue weighted by Crippen LogP contribution is -3.00. The van der Waals surface area contributed by atoms with Crippen molar-refractivity contribution < 1.29 is 170 Å². The van der Waals surface area contributed by atoms with Crippen molar-refractivity contribution >= 4 is 171 Å². The average Bonchev–Trinajstić information content (AvgIpc) is 0.906. The van der Waals surface area contributed by atoms with Gasteiger partial charge in [0.1, 0.15) is 33.6 Å². The first-order valence-corrected chi connectivity index (χ1v) is 36.8. The van der Waals surface area contributed by atoms with Crippen LogP contribution in [0.25, 0.3) is 0 Å². The lowest BCUT2D eigenvalue weighted by molar-refractivity contribution is -0.377. The highest BCUT2D eigenvalue weighted by Gasteiger charge is 2.35. The number of methoxy groups -OCH3 is 7. The molecular formula is C53H96Cl2N8O28S8. The van der Waals surface area contributed by atoms with Crippen LogP contribution in [0.4, 0.5) is 28.8 Å². The third-order valence-corrected chi connectivity index (χ3v) is 18.7. The van der Waals surface area contributed by atoms with Crippen LogP contribution >= 0.6 is 86.4 Å². The second-order valence-electron chi connectivity index (χ2n) is 23.9. The molecule has 0 aliphatic heterocycles. The van der Waals surface area contributed by atoms with Crippen molar-refractivity contribution in [1.82, 2.24) is 31.9 Å².